The Kier molecular flexibility index (Phi) is 8.18. The Morgan fingerprint density at radius 3 is 2.54 bits per heavy atom. The molecular formula is C20H24ClN3O2S2. The number of hydrogen-bond acceptors (Lipinski definition) is 5. The van der Waals surface area contributed by atoms with E-state index in [-0.39, 0.29) is 17.6 Å². The predicted octanol–water partition coefficient (Wildman–Crippen LogP) is 4.91. The number of amides is 2. The van der Waals surface area contributed by atoms with Gasteiger partial charge in [-0.05, 0) is 37.1 Å². The van der Waals surface area contributed by atoms with E-state index in [0.717, 1.165) is 22.9 Å². The molecule has 8 heteroatoms. The SMILES string of the molecule is O=C(CSc1nc(CC(=O)NC2CCCCCC2)cs1)Nc1ccc(Cl)cc1. The second kappa shape index (κ2) is 10.8. The Morgan fingerprint density at radius 2 is 1.82 bits per heavy atom. The number of thiazole rings is 1. The number of carbonyl (C=O) groups excluding carboxylic acids is 2. The minimum absolute atomic E-state index is 0.0363. The second-order valence-electron chi connectivity index (χ2n) is 6.88. The molecule has 2 aromatic rings. The van der Waals surface area contributed by atoms with Crippen LogP contribution in [0.25, 0.3) is 0 Å². The molecule has 0 atom stereocenters. The van der Waals surface area contributed by atoms with Gasteiger partial charge in [-0.1, -0.05) is 49.0 Å². The number of anilines is 1. The highest BCUT2D eigenvalue weighted by atomic mass is 35.5. The topological polar surface area (TPSA) is 71.1 Å². The third-order valence-corrected chi connectivity index (χ3v) is 6.87. The number of halogens is 1. The fraction of sp³-hybridized carbons (Fsp3) is 0.450. The smallest absolute Gasteiger partial charge is 0.234 e. The lowest BCUT2D eigenvalue weighted by Crippen LogP contribution is -2.35. The summed E-state index contributed by atoms with van der Waals surface area (Å²) < 4.78 is 0.795. The van der Waals surface area contributed by atoms with Gasteiger partial charge < -0.3 is 10.6 Å². The maximum absolute atomic E-state index is 12.3. The number of carbonyl (C=O) groups is 2. The van der Waals surface area contributed by atoms with E-state index in [1.54, 1.807) is 24.3 Å². The Bertz CT molecular complexity index is 787. The first-order chi connectivity index (χ1) is 13.6. The molecule has 3 rings (SSSR count). The molecule has 1 aromatic heterocycles. The summed E-state index contributed by atoms with van der Waals surface area (Å²) in [4.78, 5) is 28.8. The minimum atomic E-state index is -0.102. The molecule has 150 valence electrons. The predicted molar refractivity (Wildman–Crippen MR) is 116 cm³/mol. The van der Waals surface area contributed by atoms with E-state index in [1.165, 1.54) is 48.8 Å². The van der Waals surface area contributed by atoms with Gasteiger partial charge in [0, 0.05) is 22.1 Å². The number of nitrogens with zero attached hydrogens (tertiary/aromatic N) is 1. The van der Waals surface area contributed by atoms with Crippen molar-refractivity contribution in [3.8, 4) is 0 Å². The zero-order chi connectivity index (χ0) is 19.8. The summed E-state index contributed by atoms with van der Waals surface area (Å²) in [7, 11) is 0. The Labute approximate surface area is 178 Å². The lowest BCUT2D eigenvalue weighted by atomic mass is 10.1. The van der Waals surface area contributed by atoms with E-state index in [0.29, 0.717) is 23.2 Å². The molecule has 0 unspecified atom stereocenters. The van der Waals surface area contributed by atoms with E-state index in [9.17, 15) is 9.59 Å². The molecule has 1 aromatic carbocycles. The van der Waals surface area contributed by atoms with Crippen LogP contribution in [0.1, 0.15) is 44.2 Å². The van der Waals surface area contributed by atoms with Crippen molar-refractivity contribution in [3.05, 3.63) is 40.4 Å². The number of benzene rings is 1. The quantitative estimate of drug-likeness (QED) is 0.477. The van der Waals surface area contributed by atoms with Gasteiger partial charge in [0.1, 0.15) is 0 Å². The molecule has 0 saturated heterocycles. The van der Waals surface area contributed by atoms with Gasteiger partial charge in [0.25, 0.3) is 0 Å². The molecule has 2 amide bonds. The number of thioether (sulfide) groups is 1. The molecule has 0 aliphatic heterocycles. The molecular weight excluding hydrogens is 414 g/mol. The third-order valence-electron chi connectivity index (χ3n) is 4.55. The van der Waals surface area contributed by atoms with Gasteiger partial charge >= 0.3 is 0 Å². The maximum Gasteiger partial charge on any atom is 0.234 e. The summed E-state index contributed by atoms with van der Waals surface area (Å²) in [6, 6.07) is 7.30. The van der Waals surface area contributed by atoms with Crippen molar-refractivity contribution in [2.75, 3.05) is 11.1 Å². The maximum atomic E-state index is 12.3. The first-order valence-electron chi connectivity index (χ1n) is 9.50. The molecule has 0 spiro atoms. The average Bonchev–Trinajstić information content (AvgIpc) is 2.95. The Hall–Kier alpha value is -1.57. The number of aromatic nitrogens is 1. The largest absolute Gasteiger partial charge is 0.353 e. The van der Waals surface area contributed by atoms with Gasteiger partial charge in [-0.25, -0.2) is 4.98 Å². The van der Waals surface area contributed by atoms with Crippen LogP contribution in [-0.4, -0.2) is 28.6 Å². The van der Waals surface area contributed by atoms with Crippen LogP contribution in [0.3, 0.4) is 0 Å². The van der Waals surface area contributed by atoms with E-state index in [1.807, 2.05) is 5.38 Å². The minimum Gasteiger partial charge on any atom is -0.353 e. The molecule has 1 aliphatic rings. The summed E-state index contributed by atoms with van der Waals surface area (Å²) in [6.45, 7) is 0. The normalized spacial score (nSPS) is 15.0. The number of nitrogens with one attached hydrogen (secondary N) is 2. The van der Waals surface area contributed by atoms with Gasteiger partial charge in [0.2, 0.25) is 11.8 Å². The van der Waals surface area contributed by atoms with Crippen LogP contribution >= 0.6 is 34.7 Å². The van der Waals surface area contributed by atoms with Crippen LogP contribution in [0.2, 0.25) is 5.02 Å². The van der Waals surface area contributed by atoms with Crippen LogP contribution in [-0.2, 0) is 16.0 Å². The van der Waals surface area contributed by atoms with Crippen molar-refractivity contribution in [2.24, 2.45) is 0 Å². The highest BCUT2D eigenvalue weighted by Crippen LogP contribution is 2.24. The number of rotatable bonds is 7. The van der Waals surface area contributed by atoms with Crippen molar-refractivity contribution in [3.63, 3.8) is 0 Å². The number of hydrogen-bond donors (Lipinski definition) is 2. The van der Waals surface area contributed by atoms with Crippen molar-refractivity contribution in [1.29, 1.82) is 0 Å². The fourth-order valence-electron chi connectivity index (χ4n) is 3.16. The highest BCUT2D eigenvalue weighted by Gasteiger charge is 2.16. The van der Waals surface area contributed by atoms with Crippen LogP contribution in [0.15, 0.2) is 34.0 Å². The zero-order valence-corrected chi connectivity index (χ0v) is 18.0. The average molecular weight is 438 g/mol. The monoisotopic (exact) mass is 437 g/mol. The standard InChI is InChI=1S/C20H24ClN3O2S2/c21-14-7-9-16(10-8-14)23-19(26)13-28-20-24-17(12-27-20)11-18(25)22-15-5-3-1-2-4-6-15/h7-10,12,15H,1-6,11,13H2,(H,22,25)(H,23,26). The molecule has 5 nitrogen and oxygen atoms in total. The molecule has 2 N–H and O–H groups in total. The first kappa shape index (κ1) is 21.1. The third kappa shape index (κ3) is 7.11. The molecule has 1 aliphatic carbocycles. The molecule has 0 radical (unpaired) electrons. The van der Waals surface area contributed by atoms with E-state index < -0.39 is 0 Å². The molecule has 1 heterocycles. The van der Waals surface area contributed by atoms with Gasteiger partial charge in [-0.3, -0.25) is 9.59 Å². The molecule has 28 heavy (non-hydrogen) atoms. The summed E-state index contributed by atoms with van der Waals surface area (Å²) in [5, 5.41) is 8.49. The summed E-state index contributed by atoms with van der Waals surface area (Å²) in [6.07, 6.45) is 7.38. The van der Waals surface area contributed by atoms with Crippen molar-refractivity contribution in [1.82, 2.24) is 10.3 Å². The fourth-order valence-corrected chi connectivity index (χ4v) is 4.93. The Morgan fingerprint density at radius 1 is 1.11 bits per heavy atom. The molecule has 0 bridgehead atoms. The van der Waals surface area contributed by atoms with E-state index in [4.69, 9.17) is 11.6 Å². The van der Waals surface area contributed by atoms with Crippen molar-refractivity contribution < 1.29 is 9.59 Å². The van der Waals surface area contributed by atoms with Crippen LogP contribution in [0, 0.1) is 0 Å². The lowest BCUT2D eigenvalue weighted by Gasteiger charge is -2.15. The molecule has 1 fully saturated rings. The summed E-state index contributed by atoms with van der Waals surface area (Å²) >= 11 is 8.68. The first-order valence-corrected chi connectivity index (χ1v) is 11.7. The van der Waals surface area contributed by atoms with E-state index in [2.05, 4.69) is 15.6 Å². The Balaban J connectivity index is 1.41. The van der Waals surface area contributed by atoms with Crippen molar-refractivity contribution in [2.45, 2.75) is 55.3 Å². The molecule has 1 saturated carbocycles. The van der Waals surface area contributed by atoms with Crippen LogP contribution < -0.4 is 10.6 Å². The van der Waals surface area contributed by atoms with Crippen LogP contribution in [0.5, 0.6) is 0 Å². The van der Waals surface area contributed by atoms with Crippen molar-refractivity contribution >= 4 is 52.2 Å². The second-order valence-corrected chi connectivity index (χ2v) is 9.40. The summed E-state index contributed by atoms with van der Waals surface area (Å²) in [5.41, 5.74) is 1.47. The van der Waals surface area contributed by atoms with Gasteiger partial charge in [0.15, 0.2) is 4.34 Å². The zero-order valence-electron chi connectivity index (χ0n) is 15.6. The van der Waals surface area contributed by atoms with Gasteiger partial charge in [0.05, 0.1) is 17.9 Å². The van der Waals surface area contributed by atoms with E-state index >= 15 is 0 Å². The van der Waals surface area contributed by atoms with Gasteiger partial charge in [-0.2, -0.15) is 0 Å². The summed E-state index contributed by atoms with van der Waals surface area (Å²) in [5.74, 6) is 0.202. The highest BCUT2D eigenvalue weighted by molar-refractivity contribution is 8.01. The van der Waals surface area contributed by atoms with Crippen LogP contribution in [0.4, 0.5) is 5.69 Å². The van der Waals surface area contributed by atoms with Gasteiger partial charge in [-0.15, -0.1) is 11.3 Å². The lowest BCUT2D eigenvalue weighted by molar-refractivity contribution is -0.121.